The monoisotopic (exact) mass is 372 g/mol. The minimum Gasteiger partial charge on any atom is -0.324 e. The summed E-state index contributed by atoms with van der Waals surface area (Å²) in [6, 6.07) is 5.36. The molecule has 0 aliphatic heterocycles. The van der Waals surface area contributed by atoms with E-state index in [2.05, 4.69) is 29.4 Å². The maximum Gasteiger partial charge on any atom is 0.234 e. The van der Waals surface area contributed by atoms with Crippen molar-refractivity contribution in [2.75, 3.05) is 11.1 Å². The predicted molar refractivity (Wildman–Crippen MR) is 95.6 cm³/mol. The van der Waals surface area contributed by atoms with Crippen LogP contribution in [0.1, 0.15) is 32.6 Å². The smallest absolute Gasteiger partial charge is 0.234 e. The third kappa shape index (κ3) is 4.40. The highest BCUT2D eigenvalue weighted by Crippen LogP contribution is 2.30. The van der Waals surface area contributed by atoms with E-state index < -0.39 is 0 Å². The molecule has 0 saturated carbocycles. The number of carbonyl (C=O) groups is 1. The van der Waals surface area contributed by atoms with Crippen molar-refractivity contribution in [3.8, 4) is 0 Å². The molecule has 1 heterocycles. The fourth-order valence-electron chi connectivity index (χ4n) is 2.08. The lowest BCUT2D eigenvalue weighted by atomic mass is 10.3. The number of aromatic nitrogens is 3. The van der Waals surface area contributed by atoms with Crippen molar-refractivity contribution < 1.29 is 4.79 Å². The number of benzene rings is 1. The molecular weight excluding hydrogens is 355 g/mol. The van der Waals surface area contributed by atoms with Crippen LogP contribution in [-0.4, -0.2) is 26.4 Å². The molecule has 23 heavy (non-hydrogen) atoms. The molecule has 0 aliphatic carbocycles. The number of nitrogens with zero attached hydrogens (tertiary/aromatic N) is 3. The second-order valence-corrected chi connectivity index (χ2v) is 6.88. The SMILES string of the molecule is CCc1nnc(SCC(=O)Nc2cccc(Cl)c2Cl)n1C(C)C. The number of hydrogen-bond donors (Lipinski definition) is 1. The number of nitrogens with one attached hydrogen (secondary N) is 1. The van der Waals surface area contributed by atoms with E-state index in [4.69, 9.17) is 23.2 Å². The van der Waals surface area contributed by atoms with E-state index >= 15 is 0 Å². The van der Waals surface area contributed by atoms with Crippen molar-refractivity contribution in [3.05, 3.63) is 34.1 Å². The molecule has 0 radical (unpaired) electrons. The van der Waals surface area contributed by atoms with E-state index in [1.165, 1.54) is 11.8 Å². The lowest BCUT2D eigenvalue weighted by molar-refractivity contribution is -0.113. The Balaban J connectivity index is 2.02. The first-order valence-corrected chi connectivity index (χ1v) is 8.98. The van der Waals surface area contributed by atoms with Crippen LogP contribution in [0.5, 0.6) is 0 Å². The summed E-state index contributed by atoms with van der Waals surface area (Å²) in [7, 11) is 0. The van der Waals surface area contributed by atoms with Gasteiger partial charge in [-0.05, 0) is 26.0 Å². The highest BCUT2D eigenvalue weighted by Gasteiger charge is 2.16. The van der Waals surface area contributed by atoms with Crippen LogP contribution in [-0.2, 0) is 11.2 Å². The molecule has 0 aliphatic rings. The summed E-state index contributed by atoms with van der Waals surface area (Å²) in [4.78, 5) is 12.1. The zero-order chi connectivity index (χ0) is 17.0. The van der Waals surface area contributed by atoms with Crippen LogP contribution in [0.4, 0.5) is 5.69 Å². The lowest BCUT2D eigenvalue weighted by Gasteiger charge is -2.13. The molecule has 0 spiro atoms. The van der Waals surface area contributed by atoms with Crippen LogP contribution in [0.25, 0.3) is 0 Å². The standard InChI is InChI=1S/C15H18Cl2N4OS/c1-4-12-19-20-15(21(12)9(2)3)23-8-13(22)18-11-7-5-6-10(16)14(11)17/h5-7,9H,4,8H2,1-3H3,(H,18,22). The maximum absolute atomic E-state index is 12.1. The van der Waals surface area contributed by atoms with Crippen LogP contribution in [0.2, 0.25) is 10.0 Å². The first-order chi connectivity index (χ1) is 10.9. The number of carbonyl (C=O) groups excluding carboxylic acids is 1. The lowest BCUT2D eigenvalue weighted by Crippen LogP contribution is -2.15. The Bertz CT molecular complexity index is 703. The van der Waals surface area contributed by atoms with Gasteiger partial charge in [-0.1, -0.05) is 48.0 Å². The number of halogens is 2. The Labute approximate surface area is 149 Å². The first kappa shape index (κ1) is 18.1. The Morgan fingerprint density at radius 1 is 1.35 bits per heavy atom. The van der Waals surface area contributed by atoms with Crippen LogP contribution in [0, 0.1) is 0 Å². The molecule has 0 saturated heterocycles. The van der Waals surface area contributed by atoms with Gasteiger partial charge in [0.2, 0.25) is 5.91 Å². The largest absolute Gasteiger partial charge is 0.324 e. The average Bonchev–Trinajstić information content (AvgIpc) is 2.93. The van der Waals surface area contributed by atoms with Crippen molar-refractivity contribution in [1.82, 2.24) is 14.8 Å². The van der Waals surface area contributed by atoms with Gasteiger partial charge in [0.05, 0.1) is 21.5 Å². The van der Waals surface area contributed by atoms with Gasteiger partial charge in [0.25, 0.3) is 0 Å². The molecule has 5 nitrogen and oxygen atoms in total. The number of thioether (sulfide) groups is 1. The Hall–Kier alpha value is -1.24. The summed E-state index contributed by atoms with van der Waals surface area (Å²) in [6.07, 6.45) is 0.802. The summed E-state index contributed by atoms with van der Waals surface area (Å²) in [6.45, 7) is 6.17. The van der Waals surface area contributed by atoms with Crippen molar-refractivity contribution in [2.24, 2.45) is 0 Å². The summed E-state index contributed by atoms with van der Waals surface area (Å²) >= 11 is 13.3. The summed E-state index contributed by atoms with van der Waals surface area (Å²) in [5.41, 5.74) is 0.504. The zero-order valence-corrected chi connectivity index (χ0v) is 15.5. The molecule has 2 aromatic rings. The van der Waals surface area contributed by atoms with Gasteiger partial charge in [-0.3, -0.25) is 4.79 Å². The normalized spacial score (nSPS) is 11.0. The fraction of sp³-hybridized carbons (Fsp3) is 0.400. The van der Waals surface area contributed by atoms with Crippen molar-refractivity contribution >= 4 is 46.6 Å². The topological polar surface area (TPSA) is 59.8 Å². The van der Waals surface area contributed by atoms with Gasteiger partial charge in [-0.25, -0.2) is 0 Å². The second-order valence-electron chi connectivity index (χ2n) is 5.15. The van der Waals surface area contributed by atoms with Gasteiger partial charge in [0, 0.05) is 12.5 Å². The highest BCUT2D eigenvalue weighted by molar-refractivity contribution is 7.99. The number of hydrogen-bond acceptors (Lipinski definition) is 4. The zero-order valence-electron chi connectivity index (χ0n) is 13.1. The van der Waals surface area contributed by atoms with Crippen LogP contribution < -0.4 is 5.32 Å². The first-order valence-electron chi connectivity index (χ1n) is 7.24. The van der Waals surface area contributed by atoms with Crippen LogP contribution in [0.3, 0.4) is 0 Å². The van der Waals surface area contributed by atoms with E-state index in [0.29, 0.717) is 15.7 Å². The maximum atomic E-state index is 12.1. The Morgan fingerprint density at radius 3 is 2.74 bits per heavy atom. The minimum absolute atomic E-state index is 0.171. The molecule has 0 fully saturated rings. The Morgan fingerprint density at radius 2 is 2.09 bits per heavy atom. The molecule has 1 N–H and O–H groups in total. The van der Waals surface area contributed by atoms with Gasteiger partial charge in [0.15, 0.2) is 5.16 Å². The molecule has 0 atom stereocenters. The third-order valence-corrected chi connectivity index (χ3v) is 4.89. The minimum atomic E-state index is -0.171. The molecule has 1 aromatic heterocycles. The summed E-state index contributed by atoms with van der Waals surface area (Å²) in [5.74, 6) is 0.966. The fourth-order valence-corrected chi connectivity index (χ4v) is 3.32. The van der Waals surface area contributed by atoms with Crippen molar-refractivity contribution in [2.45, 2.75) is 38.4 Å². The van der Waals surface area contributed by atoms with Gasteiger partial charge in [-0.15, -0.1) is 10.2 Å². The van der Waals surface area contributed by atoms with Crippen molar-refractivity contribution in [1.29, 1.82) is 0 Å². The van der Waals surface area contributed by atoms with E-state index in [1.54, 1.807) is 18.2 Å². The van der Waals surface area contributed by atoms with Gasteiger partial charge in [0.1, 0.15) is 5.82 Å². The van der Waals surface area contributed by atoms with E-state index in [1.807, 2.05) is 11.5 Å². The third-order valence-electron chi connectivity index (χ3n) is 3.13. The quantitative estimate of drug-likeness (QED) is 0.760. The number of rotatable bonds is 6. The molecule has 0 unspecified atom stereocenters. The van der Waals surface area contributed by atoms with Gasteiger partial charge in [-0.2, -0.15) is 0 Å². The molecule has 1 aromatic carbocycles. The van der Waals surface area contributed by atoms with Gasteiger partial charge < -0.3 is 9.88 Å². The highest BCUT2D eigenvalue weighted by atomic mass is 35.5. The predicted octanol–water partition coefficient (Wildman–Crippen LogP) is 4.46. The number of amides is 1. The molecule has 124 valence electrons. The van der Waals surface area contributed by atoms with Crippen LogP contribution >= 0.6 is 35.0 Å². The molecule has 2 rings (SSSR count). The van der Waals surface area contributed by atoms with Crippen LogP contribution in [0.15, 0.2) is 23.4 Å². The molecular formula is C15H18Cl2N4OS. The van der Waals surface area contributed by atoms with E-state index in [-0.39, 0.29) is 17.7 Å². The Kier molecular flexibility index (Phi) is 6.33. The van der Waals surface area contributed by atoms with Crippen molar-refractivity contribution in [3.63, 3.8) is 0 Å². The summed E-state index contributed by atoms with van der Waals surface area (Å²) < 4.78 is 2.05. The molecule has 1 amide bonds. The molecule has 0 bridgehead atoms. The number of anilines is 1. The van der Waals surface area contributed by atoms with E-state index in [0.717, 1.165) is 17.4 Å². The number of aryl methyl sites for hydroxylation is 1. The van der Waals surface area contributed by atoms with E-state index in [9.17, 15) is 4.79 Å². The second kappa shape index (κ2) is 8.04. The van der Waals surface area contributed by atoms with Gasteiger partial charge >= 0.3 is 0 Å². The summed E-state index contributed by atoms with van der Waals surface area (Å²) in [5, 5.41) is 12.6. The molecule has 8 heteroatoms. The average molecular weight is 373 g/mol.